The monoisotopic (exact) mass is 346 g/mol. The molecule has 6 nitrogen and oxygen atoms in total. The summed E-state index contributed by atoms with van der Waals surface area (Å²) in [6.45, 7) is 5.00. The van der Waals surface area contributed by atoms with Crippen molar-refractivity contribution in [1.82, 2.24) is 5.32 Å². The highest BCUT2D eigenvalue weighted by Crippen LogP contribution is 2.25. The molecule has 7 heteroatoms. The summed E-state index contributed by atoms with van der Waals surface area (Å²) in [4.78, 5) is 22.9. The number of carbonyl (C=O) groups is 1. The second-order valence-corrected chi connectivity index (χ2v) is 6.16. The molecule has 0 spiro atoms. The molecule has 2 rings (SSSR count). The Labute approximate surface area is 144 Å². The molecule has 0 saturated carbocycles. The van der Waals surface area contributed by atoms with Crippen molar-refractivity contribution in [2.45, 2.75) is 26.3 Å². The minimum atomic E-state index is -1.17. The van der Waals surface area contributed by atoms with E-state index in [-0.39, 0.29) is 0 Å². The molecule has 132 valence electrons. The Hall–Kier alpha value is -2.80. The van der Waals surface area contributed by atoms with Gasteiger partial charge in [0, 0.05) is 6.07 Å². The first kappa shape index (κ1) is 18.5. The van der Waals surface area contributed by atoms with E-state index in [1.54, 1.807) is 13.0 Å². The van der Waals surface area contributed by atoms with E-state index in [1.807, 2.05) is 26.0 Å². The zero-order valence-electron chi connectivity index (χ0n) is 14.2. The minimum absolute atomic E-state index is 0.395. The van der Waals surface area contributed by atoms with Crippen molar-refractivity contribution in [1.29, 1.82) is 0 Å². The maximum Gasteiger partial charge on any atom is 0.282 e. The molecule has 1 atom stereocenters. The number of benzene rings is 2. The van der Waals surface area contributed by atoms with Gasteiger partial charge < -0.3 is 10.4 Å². The molecule has 0 aromatic heterocycles. The van der Waals surface area contributed by atoms with Gasteiger partial charge in [0.1, 0.15) is 11.4 Å². The van der Waals surface area contributed by atoms with Gasteiger partial charge in [-0.2, -0.15) is 0 Å². The van der Waals surface area contributed by atoms with Crippen LogP contribution in [0.25, 0.3) is 0 Å². The summed E-state index contributed by atoms with van der Waals surface area (Å²) in [5.41, 5.74) is 0.605. The van der Waals surface area contributed by atoms with Gasteiger partial charge in [0.15, 0.2) is 0 Å². The summed E-state index contributed by atoms with van der Waals surface area (Å²) in [6, 6.07) is 8.12. The summed E-state index contributed by atoms with van der Waals surface area (Å²) in [6.07, 6.45) is 0. The standard InChI is InChI=1S/C18H19FN2O4/c1-11-4-5-13(8-12(11)2)18(3,10-22)20-17(23)15-9-14(19)6-7-16(15)21(24)25/h4-9,22H,10H2,1-3H3,(H,20,23). The third-order valence-electron chi connectivity index (χ3n) is 4.25. The lowest BCUT2D eigenvalue weighted by Crippen LogP contribution is -2.46. The molecule has 0 aliphatic heterocycles. The Kier molecular flexibility index (Phi) is 5.18. The summed E-state index contributed by atoms with van der Waals surface area (Å²) in [7, 11) is 0. The van der Waals surface area contributed by atoms with Crippen molar-refractivity contribution in [2.75, 3.05) is 6.61 Å². The van der Waals surface area contributed by atoms with Crippen LogP contribution in [0.2, 0.25) is 0 Å². The number of nitro benzene ring substituents is 1. The summed E-state index contributed by atoms with van der Waals surface area (Å²) < 4.78 is 13.5. The Balaban J connectivity index is 2.41. The van der Waals surface area contributed by atoms with E-state index in [4.69, 9.17) is 0 Å². The van der Waals surface area contributed by atoms with E-state index in [0.717, 1.165) is 29.3 Å². The topological polar surface area (TPSA) is 92.5 Å². The number of hydrogen-bond donors (Lipinski definition) is 2. The molecule has 0 fully saturated rings. The summed E-state index contributed by atoms with van der Waals surface area (Å²) >= 11 is 0. The van der Waals surface area contributed by atoms with Crippen LogP contribution in [-0.2, 0) is 5.54 Å². The highest BCUT2D eigenvalue weighted by molar-refractivity contribution is 5.98. The van der Waals surface area contributed by atoms with Crippen molar-refractivity contribution in [3.63, 3.8) is 0 Å². The predicted octanol–water partition coefficient (Wildman–Crippen LogP) is 2.99. The molecule has 2 aromatic rings. The first-order valence-electron chi connectivity index (χ1n) is 7.63. The number of nitrogens with zero attached hydrogens (tertiary/aromatic N) is 1. The van der Waals surface area contributed by atoms with Crippen molar-refractivity contribution in [3.05, 3.63) is 74.6 Å². The number of aliphatic hydroxyl groups is 1. The van der Waals surface area contributed by atoms with E-state index in [1.165, 1.54) is 0 Å². The number of amides is 1. The Morgan fingerprint density at radius 1 is 1.24 bits per heavy atom. The van der Waals surface area contributed by atoms with Gasteiger partial charge in [0.25, 0.3) is 11.6 Å². The molecule has 1 unspecified atom stereocenters. The van der Waals surface area contributed by atoms with Crippen LogP contribution in [0.3, 0.4) is 0 Å². The number of rotatable bonds is 5. The zero-order valence-corrected chi connectivity index (χ0v) is 14.2. The van der Waals surface area contributed by atoms with Gasteiger partial charge in [-0.1, -0.05) is 18.2 Å². The van der Waals surface area contributed by atoms with E-state index in [2.05, 4.69) is 5.32 Å². The van der Waals surface area contributed by atoms with Gasteiger partial charge in [0.05, 0.1) is 17.1 Å². The molecular formula is C18H19FN2O4. The lowest BCUT2D eigenvalue weighted by atomic mass is 9.90. The van der Waals surface area contributed by atoms with Gasteiger partial charge >= 0.3 is 0 Å². The zero-order chi connectivity index (χ0) is 18.8. The molecule has 0 heterocycles. The van der Waals surface area contributed by atoms with Gasteiger partial charge in [0.2, 0.25) is 0 Å². The number of nitro groups is 1. The Morgan fingerprint density at radius 3 is 2.48 bits per heavy atom. The van der Waals surface area contributed by atoms with Crippen molar-refractivity contribution >= 4 is 11.6 Å². The van der Waals surface area contributed by atoms with Crippen LogP contribution in [0, 0.1) is 29.8 Å². The maximum atomic E-state index is 13.5. The molecule has 0 saturated heterocycles. The molecule has 0 aliphatic rings. The van der Waals surface area contributed by atoms with Crippen LogP contribution in [0.4, 0.5) is 10.1 Å². The average Bonchev–Trinajstić information content (AvgIpc) is 2.56. The lowest BCUT2D eigenvalue weighted by Gasteiger charge is -2.30. The number of halogens is 1. The molecule has 0 bridgehead atoms. The number of carbonyl (C=O) groups excluding carboxylic acids is 1. The smallest absolute Gasteiger partial charge is 0.282 e. The average molecular weight is 346 g/mol. The molecule has 1 amide bonds. The first-order chi connectivity index (χ1) is 11.7. The lowest BCUT2D eigenvalue weighted by molar-refractivity contribution is -0.385. The number of aryl methyl sites for hydroxylation is 2. The van der Waals surface area contributed by atoms with Crippen LogP contribution in [0.5, 0.6) is 0 Å². The molecule has 0 aliphatic carbocycles. The third kappa shape index (κ3) is 3.83. The molecule has 0 radical (unpaired) electrons. The Morgan fingerprint density at radius 2 is 1.92 bits per heavy atom. The van der Waals surface area contributed by atoms with Crippen molar-refractivity contribution in [3.8, 4) is 0 Å². The van der Waals surface area contributed by atoms with Crippen LogP contribution in [0.15, 0.2) is 36.4 Å². The number of aliphatic hydroxyl groups excluding tert-OH is 1. The van der Waals surface area contributed by atoms with Crippen LogP contribution in [0.1, 0.15) is 34.0 Å². The number of hydrogen-bond acceptors (Lipinski definition) is 4. The van der Waals surface area contributed by atoms with Crippen molar-refractivity contribution < 1.29 is 19.2 Å². The van der Waals surface area contributed by atoms with Gasteiger partial charge in [-0.05, 0) is 49.6 Å². The van der Waals surface area contributed by atoms with Gasteiger partial charge in [-0.3, -0.25) is 14.9 Å². The van der Waals surface area contributed by atoms with Crippen LogP contribution < -0.4 is 5.32 Å². The third-order valence-corrected chi connectivity index (χ3v) is 4.25. The first-order valence-corrected chi connectivity index (χ1v) is 7.63. The highest BCUT2D eigenvalue weighted by Gasteiger charge is 2.31. The van der Waals surface area contributed by atoms with E-state index >= 15 is 0 Å². The van der Waals surface area contributed by atoms with E-state index < -0.39 is 40.0 Å². The van der Waals surface area contributed by atoms with Crippen molar-refractivity contribution in [2.24, 2.45) is 0 Å². The quantitative estimate of drug-likeness (QED) is 0.643. The minimum Gasteiger partial charge on any atom is -0.394 e. The largest absolute Gasteiger partial charge is 0.394 e. The summed E-state index contributed by atoms with van der Waals surface area (Å²) in [5.74, 6) is -1.59. The van der Waals surface area contributed by atoms with Crippen LogP contribution in [-0.4, -0.2) is 22.5 Å². The fourth-order valence-electron chi connectivity index (χ4n) is 2.45. The predicted molar refractivity (Wildman–Crippen MR) is 90.9 cm³/mol. The molecule has 2 aromatic carbocycles. The highest BCUT2D eigenvalue weighted by atomic mass is 19.1. The molecular weight excluding hydrogens is 327 g/mol. The maximum absolute atomic E-state index is 13.5. The van der Waals surface area contributed by atoms with E-state index in [0.29, 0.717) is 5.56 Å². The normalized spacial score (nSPS) is 13.2. The Bertz CT molecular complexity index is 838. The fourth-order valence-corrected chi connectivity index (χ4v) is 2.45. The number of nitrogens with one attached hydrogen (secondary N) is 1. The molecule has 2 N–H and O–H groups in total. The fraction of sp³-hybridized carbons (Fsp3) is 0.278. The SMILES string of the molecule is Cc1ccc(C(C)(CO)NC(=O)c2cc(F)ccc2[N+](=O)[O-])cc1C. The molecule has 25 heavy (non-hydrogen) atoms. The van der Waals surface area contributed by atoms with Crippen LogP contribution >= 0.6 is 0 Å². The second-order valence-electron chi connectivity index (χ2n) is 6.16. The van der Waals surface area contributed by atoms with E-state index in [9.17, 15) is 24.4 Å². The van der Waals surface area contributed by atoms with Gasteiger partial charge in [-0.15, -0.1) is 0 Å². The summed E-state index contributed by atoms with van der Waals surface area (Å²) in [5, 5.41) is 23.5. The second kappa shape index (κ2) is 6.98. The van der Waals surface area contributed by atoms with Gasteiger partial charge in [-0.25, -0.2) is 4.39 Å².